The van der Waals surface area contributed by atoms with Crippen molar-refractivity contribution in [2.45, 2.75) is 31.8 Å². The molecule has 0 aromatic heterocycles. The number of urea groups is 1. The number of ether oxygens (including phenoxy) is 2. The predicted molar refractivity (Wildman–Crippen MR) is 152 cm³/mol. The average Bonchev–Trinajstić information content (AvgIpc) is 3.36. The third-order valence-corrected chi connectivity index (χ3v) is 7.28. The first-order chi connectivity index (χ1) is 19.0. The Kier molecular flexibility index (Phi) is 8.17. The molecule has 0 spiro atoms. The second kappa shape index (κ2) is 12.1. The van der Waals surface area contributed by atoms with Crippen LogP contribution in [0.4, 0.5) is 21.9 Å². The van der Waals surface area contributed by atoms with Gasteiger partial charge >= 0.3 is 6.03 Å². The molecule has 1 atom stereocenters. The fourth-order valence-corrected chi connectivity index (χ4v) is 5.01. The van der Waals surface area contributed by atoms with E-state index >= 15 is 0 Å². The zero-order chi connectivity index (χ0) is 27.2. The van der Waals surface area contributed by atoms with E-state index in [-0.39, 0.29) is 11.9 Å². The van der Waals surface area contributed by atoms with E-state index in [1.165, 1.54) is 6.42 Å². The van der Waals surface area contributed by atoms with Gasteiger partial charge in [0.15, 0.2) is 11.5 Å². The lowest BCUT2D eigenvalue weighted by molar-refractivity contribution is 0.102. The smallest absolute Gasteiger partial charge is 0.322 e. The molecule has 0 saturated carbocycles. The van der Waals surface area contributed by atoms with E-state index in [0.29, 0.717) is 66.5 Å². The summed E-state index contributed by atoms with van der Waals surface area (Å²) < 4.78 is 11.3. The van der Waals surface area contributed by atoms with Crippen LogP contribution in [0.25, 0.3) is 0 Å². The molecular weight excluding hydrogens is 494 g/mol. The first-order valence-electron chi connectivity index (χ1n) is 13.4. The maximum Gasteiger partial charge on any atom is 0.322 e. The Morgan fingerprint density at radius 2 is 1.77 bits per heavy atom. The minimum Gasteiger partial charge on any atom is -0.486 e. The minimum atomic E-state index is -0.239. The van der Waals surface area contributed by atoms with Gasteiger partial charge in [0.1, 0.15) is 13.2 Å². The molecule has 1 fully saturated rings. The van der Waals surface area contributed by atoms with Crippen molar-refractivity contribution in [2.24, 2.45) is 0 Å². The molecule has 204 valence electrons. The zero-order valence-electron chi connectivity index (χ0n) is 22.2. The van der Waals surface area contributed by atoms with Crippen molar-refractivity contribution in [3.05, 3.63) is 77.9 Å². The highest BCUT2D eigenvalue weighted by Crippen LogP contribution is 2.32. The molecule has 39 heavy (non-hydrogen) atoms. The molecule has 1 saturated heterocycles. The quantitative estimate of drug-likeness (QED) is 0.362. The number of para-hydroxylation sites is 2. The monoisotopic (exact) mass is 529 g/mol. The Balaban J connectivity index is 1.26. The summed E-state index contributed by atoms with van der Waals surface area (Å²) in [6, 6.07) is 20.2. The van der Waals surface area contributed by atoms with Crippen LogP contribution in [0.2, 0.25) is 0 Å². The second-order valence-electron chi connectivity index (χ2n) is 10.0. The fraction of sp³-hybridized carbons (Fsp3) is 0.333. The van der Waals surface area contributed by atoms with Gasteiger partial charge in [0.25, 0.3) is 5.91 Å². The van der Waals surface area contributed by atoms with Crippen molar-refractivity contribution >= 4 is 29.0 Å². The molecule has 0 radical (unpaired) electrons. The minimum absolute atomic E-state index is 0.186. The SMILES string of the molecule is CN1CCCC1CCN(Cc1ccc(C(=O)Nc2ccccc2N)cc1)C(=O)Nc1ccc2c(c1)OCCO2. The number of hydrogen-bond donors (Lipinski definition) is 3. The number of hydrogen-bond acceptors (Lipinski definition) is 6. The van der Waals surface area contributed by atoms with Crippen LogP contribution in [0.3, 0.4) is 0 Å². The van der Waals surface area contributed by atoms with Gasteiger partial charge in [0.05, 0.1) is 11.4 Å². The van der Waals surface area contributed by atoms with Crippen LogP contribution >= 0.6 is 0 Å². The van der Waals surface area contributed by atoms with Gasteiger partial charge in [0, 0.05) is 36.4 Å². The number of carbonyl (C=O) groups excluding carboxylic acids is 2. The Morgan fingerprint density at radius 3 is 2.51 bits per heavy atom. The first-order valence-corrected chi connectivity index (χ1v) is 13.4. The van der Waals surface area contributed by atoms with Crippen LogP contribution in [0, 0.1) is 0 Å². The summed E-state index contributed by atoms with van der Waals surface area (Å²) >= 11 is 0. The Hall–Kier alpha value is -4.24. The molecule has 1 unspecified atom stereocenters. The number of likely N-dealkylation sites (tertiary alicyclic amines) is 1. The summed E-state index contributed by atoms with van der Waals surface area (Å²) in [5.74, 6) is 1.07. The maximum atomic E-state index is 13.4. The highest BCUT2D eigenvalue weighted by atomic mass is 16.6. The van der Waals surface area contributed by atoms with Crippen molar-refractivity contribution in [2.75, 3.05) is 49.7 Å². The number of anilines is 3. The molecule has 4 N–H and O–H groups in total. The number of nitrogens with zero attached hydrogens (tertiary/aromatic N) is 2. The molecule has 2 heterocycles. The van der Waals surface area contributed by atoms with Gasteiger partial charge in [0.2, 0.25) is 0 Å². The Morgan fingerprint density at radius 1 is 1.00 bits per heavy atom. The number of nitrogens with two attached hydrogens (primary N) is 1. The lowest BCUT2D eigenvalue weighted by Crippen LogP contribution is -2.38. The van der Waals surface area contributed by atoms with Crippen molar-refractivity contribution in [1.82, 2.24) is 9.80 Å². The lowest BCUT2D eigenvalue weighted by atomic mass is 10.1. The number of benzene rings is 3. The standard InChI is InChI=1S/C30H35N5O4/c1-34-15-4-5-24(34)14-16-35(30(37)32-23-12-13-27-28(19-23)39-18-17-38-27)20-21-8-10-22(11-9-21)29(36)33-26-7-3-2-6-25(26)31/h2-3,6-13,19,24H,4-5,14-18,20,31H2,1H3,(H,32,37)(H,33,36). The van der Waals surface area contributed by atoms with E-state index in [9.17, 15) is 9.59 Å². The second-order valence-corrected chi connectivity index (χ2v) is 10.0. The van der Waals surface area contributed by atoms with Crippen LogP contribution in [0.15, 0.2) is 66.7 Å². The number of fused-ring (bicyclic) bond motifs is 1. The first kappa shape index (κ1) is 26.4. The summed E-state index contributed by atoms with van der Waals surface area (Å²) in [6.07, 6.45) is 3.22. The number of nitrogen functional groups attached to an aromatic ring is 1. The number of nitrogens with one attached hydrogen (secondary N) is 2. The lowest BCUT2D eigenvalue weighted by Gasteiger charge is -2.27. The summed E-state index contributed by atoms with van der Waals surface area (Å²) in [5, 5.41) is 5.87. The van der Waals surface area contributed by atoms with E-state index < -0.39 is 0 Å². The van der Waals surface area contributed by atoms with Gasteiger partial charge in [-0.3, -0.25) is 4.79 Å². The van der Waals surface area contributed by atoms with Crippen LogP contribution < -0.4 is 25.8 Å². The Bertz CT molecular complexity index is 1310. The van der Waals surface area contributed by atoms with Crippen LogP contribution in [-0.4, -0.2) is 61.1 Å². The molecule has 2 aliphatic heterocycles. The van der Waals surface area contributed by atoms with Gasteiger partial charge in [-0.05, 0) is 74.8 Å². The number of amides is 3. The van der Waals surface area contributed by atoms with Crippen molar-refractivity contribution in [1.29, 1.82) is 0 Å². The van der Waals surface area contributed by atoms with Gasteiger partial charge < -0.3 is 35.6 Å². The molecule has 3 amide bonds. The largest absolute Gasteiger partial charge is 0.486 e. The predicted octanol–water partition coefficient (Wildman–Crippen LogP) is 4.81. The summed E-state index contributed by atoms with van der Waals surface area (Å²) in [7, 11) is 2.14. The average molecular weight is 530 g/mol. The van der Waals surface area contributed by atoms with Crippen LogP contribution in [0.5, 0.6) is 11.5 Å². The highest BCUT2D eigenvalue weighted by Gasteiger charge is 2.23. The van der Waals surface area contributed by atoms with Gasteiger partial charge in [-0.1, -0.05) is 24.3 Å². The molecule has 9 heteroatoms. The molecule has 0 bridgehead atoms. The summed E-state index contributed by atoms with van der Waals surface area (Å²) in [4.78, 5) is 30.4. The summed E-state index contributed by atoms with van der Waals surface area (Å²) in [6.45, 7) is 3.12. The molecule has 9 nitrogen and oxygen atoms in total. The number of rotatable bonds is 8. The van der Waals surface area contributed by atoms with E-state index in [2.05, 4.69) is 22.6 Å². The topological polar surface area (TPSA) is 109 Å². The van der Waals surface area contributed by atoms with E-state index in [0.717, 1.165) is 24.9 Å². The van der Waals surface area contributed by atoms with E-state index in [1.54, 1.807) is 30.3 Å². The van der Waals surface area contributed by atoms with Gasteiger partial charge in [-0.25, -0.2) is 4.79 Å². The van der Waals surface area contributed by atoms with Crippen molar-refractivity contribution in [3.8, 4) is 11.5 Å². The summed E-state index contributed by atoms with van der Waals surface area (Å²) in [5.41, 5.74) is 9.14. The third-order valence-electron chi connectivity index (χ3n) is 7.28. The van der Waals surface area contributed by atoms with Crippen LogP contribution in [-0.2, 0) is 6.54 Å². The molecule has 5 rings (SSSR count). The Labute approximate surface area is 228 Å². The van der Waals surface area contributed by atoms with Crippen molar-refractivity contribution in [3.63, 3.8) is 0 Å². The van der Waals surface area contributed by atoms with Crippen LogP contribution in [0.1, 0.15) is 35.2 Å². The molecule has 2 aliphatic rings. The molecule has 3 aromatic carbocycles. The molecule has 0 aliphatic carbocycles. The molecule has 3 aromatic rings. The van der Waals surface area contributed by atoms with E-state index in [4.69, 9.17) is 15.2 Å². The van der Waals surface area contributed by atoms with Gasteiger partial charge in [-0.2, -0.15) is 0 Å². The molecular formula is C30H35N5O4. The highest BCUT2D eigenvalue weighted by molar-refractivity contribution is 6.05. The van der Waals surface area contributed by atoms with E-state index in [1.807, 2.05) is 41.3 Å². The number of carbonyl (C=O) groups is 2. The van der Waals surface area contributed by atoms with Crippen molar-refractivity contribution < 1.29 is 19.1 Å². The third kappa shape index (κ3) is 6.61. The fourth-order valence-electron chi connectivity index (χ4n) is 5.01. The maximum absolute atomic E-state index is 13.4. The normalized spacial score (nSPS) is 16.5. The van der Waals surface area contributed by atoms with Gasteiger partial charge in [-0.15, -0.1) is 0 Å². The zero-order valence-corrected chi connectivity index (χ0v) is 22.2.